The first-order valence-corrected chi connectivity index (χ1v) is 4.35. The second kappa shape index (κ2) is 5.02. The van der Waals surface area contributed by atoms with Gasteiger partial charge in [-0.15, -0.1) is 0 Å². The fourth-order valence-electron chi connectivity index (χ4n) is 0.715. The molecule has 0 amide bonds. The normalized spacial score (nSPS) is 11.1. The predicted octanol–water partition coefficient (Wildman–Crippen LogP) is 1.92. The van der Waals surface area contributed by atoms with Crippen LogP contribution < -0.4 is 0 Å². The van der Waals surface area contributed by atoms with Crippen molar-refractivity contribution < 1.29 is 14.3 Å². The van der Waals surface area contributed by atoms with Crippen molar-refractivity contribution in [3.05, 3.63) is 12.2 Å². The van der Waals surface area contributed by atoms with Crippen LogP contribution in [0.5, 0.6) is 0 Å². The van der Waals surface area contributed by atoms with Crippen molar-refractivity contribution >= 4 is 5.97 Å². The predicted molar refractivity (Wildman–Crippen MR) is 51.5 cm³/mol. The van der Waals surface area contributed by atoms with Crippen molar-refractivity contribution in [2.75, 3.05) is 13.2 Å². The summed E-state index contributed by atoms with van der Waals surface area (Å²) >= 11 is 0. The van der Waals surface area contributed by atoms with Gasteiger partial charge in [-0.1, -0.05) is 6.58 Å². The third-order valence-corrected chi connectivity index (χ3v) is 1.37. The van der Waals surface area contributed by atoms with Crippen molar-refractivity contribution in [3.8, 4) is 0 Å². The van der Waals surface area contributed by atoms with Crippen LogP contribution in [0.25, 0.3) is 0 Å². The van der Waals surface area contributed by atoms with Gasteiger partial charge in [0, 0.05) is 12.2 Å². The van der Waals surface area contributed by atoms with E-state index in [1.165, 1.54) is 0 Å². The molecule has 0 radical (unpaired) electrons. The first kappa shape index (κ1) is 12.2. The van der Waals surface area contributed by atoms with Gasteiger partial charge in [0.15, 0.2) is 0 Å². The standard InChI is InChI=1S/C10H18O3/c1-6-12-7-10(4,5)13-9(11)8(2)3/h2,6-7H2,1,3-5H3. The van der Waals surface area contributed by atoms with E-state index >= 15 is 0 Å². The minimum absolute atomic E-state index is 0.371. The minimum Gasteiger partial charge on any atom is -0.454 e. The maximum absolute atomic E-state index is 11.1. The quantitative estimate of drug-likeness (QED) is 0.486. The van der Waals surface area contributed by atoms with E-state index in [0.717, 1.165) is 0 Å². The zero-order chi connectivity index (χ0) is 10.5. The van der Waals surface area contributed by atoms with Crippen LogP contribution in [0.2, 0.25) is 0 Å². The molecule has 0 atom stereocenters. The van der Waals surface area contributed by atoms with Crippen molar-refractivity contribution in [3.63, 3.8) is 0 Å². The number of ether oxygens (including phenoxy) is 2. The average molecular weight is 186 g/mol. The molecule has 0 spiro atoms. The van der Waals surface area contributed by atoms with Gasteiger partial charge in [-0.25, -0.2) is 4.79 Å². The fourth-order valence-corrected chi connectivity index (χ4v) is 0.715. The summed E-state index contributed by atoms with van der Waals surface area (Å²) in [4.78, 5) is 11.1. The third kappa shape index (κ3) is 5.42. The van der Waals surface area contributed by atoms with E-state index in [0.29, 0.717) is 18.8 Å². The molecule has 0 aromatic heterocycles. The summed E-state index contributed by atoms with van der Waals surface area (Å²) in [5, 5.41) is 0. The van der Waals surface area contributed by atoms with E-state index in [-0.39, 0.29) is 5.97 Å². The Bertz CT molecular complexity index is 194. The van der Waals surface area contributed by atoms with Crippen LogP contribution in [-0.4, -0.2) is 24.8 Å². The van der Waals surface area contributed by atoms with Crippen molar-refractivity contribution in [2.45, 2.75) is 33.3 Å². The summed E-state index contributed by atoms with van der Waals surface area (Å²) < 4.78 is 10.3. The SMILES string of the molecule is C=C(C)C(=O)OC(C)(C)COCC. The zero-order valence-electron chi connectivity index (χ0n) is 8.85. The Hall–Kier alpha value is -0.830. The van der Waals surface area contributed by atoms with Crippen LogP contribution >= 0.6 is 0 Å². The third-order valence-electron chi connectivity index (χ3n) is 1.37. The van der Waals surface area contributed by atoms with Crippen molar-refractivity contribution in [1.29, 1.82) is 0 Å². The van der Waals surface area contributed by atoms with Crippen LogP contribution in [0.15, 0.2) is 12.2 Å². The molecule has 0 N–H and O–H groups in total. The minimum atomic E-state index is -0.577. The summed E-state index contributed by atoms with van der Waals surface area (Å²) in [5.74, 6) is -0.371. The van der Waals surface area contributed by atoms with Gasteiger partial charge in [-0.05, 0) is 27.7 Å². The lowest BCUT2D eigenvalue weighted by atomic mass is 10.1. The maximum atomic E-state index is 11.1. The van der Waals surface area contributed by atoms with Gasteiger partial charge in [0.2, 0.25) is 0 Å². The number of rotatable bonds is 5. The molecule has 0 rings (SSSR count). The molecule has 0 aliphatic carbocycles. The van der Waals surface area contributed by atoms with E-state index in [4.69, 9.17) is 9.47 Å². The molecule has 76 valence electrons. The van der Waals surface area contributed by atoms with Crippen molar-refractivity contribution in [2.24, 2.45) is 0 Å². The van der Waals surface area contributed by atoms with Crippen LogP contribution in [0.3, 0.4) is 0 Å². The zero-order valence-corrected chi connectivity index (χ0v) is 8.85. The molecule has 0 fully saturated rings. The number of carbonyl (C=O) groups is 1. The smallest absolute Gasteiger partial charge is 0.333 e. The highest BCUT2D eigenvalue weighted by atomic mass is 16.6. The first-order valence-electron chi connectivity index (χ1n) is 4.35. The molecule has 0 heterocycles. The number of esters is 1. The van der Waals surface area contributed by atoms with Crippen LogP contribution in [0.4, 0.5) is 0 Å². The molecule has 0 aliphatic rings. The Morgan fingerprint density at radius 2 is 2.00 bits per heavy atom. The molecule has 0 aromatic carbocycles. The van der Waals surface area contributed by atoms with E-state index in [1.807, 2.05) is 20.8 Å². The monoisotopic (exact) mass is 186 g/mol. The largest absolute Gasteiger partial charge is 0.454 e. The lowest BCUT2D eigenvalue weighted by molar-refractivity contribution is -0.156. The molecular formula is C10H18O3. The van der Waals surface area contributed by atoms with Gasteiger partial charge < -0.3 is 9.47 Å². The maximum Gasteiger partial charge on any atom is 0.333 e. The Labute approximate surface area is 79.7 Å². The van der Waals surface area contributed by atoms with Crippen LogP contribution in [0.1, 0.15) is 27.7 Å². The molecule has 0 saturated carbocycles. The Morgan fingerprint density at radius 1 is 1.46 bits per heavy atom. The van der Waals surface area contributed by atoms with Crippen LogP contribution in [-0.2, 0) is 14.3 Å². The molecule has 3 heteroatoms. The van der Waals surface area contributed by atoms with Crippen molar-refractivity contribution in [1.82, 2.24) is 0 Å². The molecule has 0 bridgehead atoms. The first-order chi connectivity index (χ1) is 5.89. The highest BCUT2D eigenvalue weighted by Crippen LogP contribution is 2.11. The number of hydrogen-bond donors (Lipinski definition) is 0. The molecular weight excluding hydrogens is 168 g/mol. The Balaban J connectivity index is 4.00. The summed E-state index contributed by atoms with van der Waals surface area (Å²) in [7, 11) is 0. The van der Waals surface area contributed by atoms with E-state index in [1.54, 1.807) is 6.92 Å². The summed E-state index contributed by atoms with van der Waals surface area (Å²) in [5.41, 5.74) is -0.170. The van der Waals surface area contributed by atoms with Gasteiger partial charge in [0.05, 0.1) is 6.61 Å². The number of carbonyl (C=O) groups excluding carboxylic acids is 1. The molecule has 0 unspecified atom stereocenters. The van der Waals surface area contributed by atoms with Gasteiger partial charge in [-0.3, -0.25) is 0 Å². The van der Waals surface area contributed by atoms with E-state index < -0.39 is 5.60 Å². The lowest BCUT2D eigenvalue weighted by Gasteiger charge is -2.24. The second-order valence-electron chi connectivity index (χ2n) is 3.57. The second-order valence-corrected chi connectivity index (χ2v) is 3.57. The molecule has 0 aromatic rings. The lowest BCUT2D eigenvalue weighted by Crippen LogP contribution is -2.33. The highest BCUT2D eigenvalue weighted by Gasteiger charge is 2.23. The summed E-state index contributed by atoms with van der Waals surface area (Å²) in [6.07, 6.45) is 0. The summed E-state index contributed by atoms with van der Waals surface area (Å²) in [6.45, 7) is 11.7. The topological polar surface area (TPSA) is 35.5 Å². The van der Waals surface area contributed by atoms with Crippen LogP contribution in [0, 0.1) is 0 Å². The molecule has 3 nitrogen and oxygen atoms in total. The highest BCUT2D eigenvalue weighted by molar-refractivity contribution is 5.87. The van der Waals surface area contributed by atoms with E-state index in [2.05, 4.69) is 6.58 Å². The van der Waals surface area contributed by atoms with E-state index in [9.17, 15) is 4.79 Å². The van der Waals surface area contributed by atoms with Gasteiger partial charge in [-0.2, -0.15) is 0 Å². The molecule has 0 saturated heterocycles. The van der Waals surface area contributed by atoms with Gasteiger partial charge in [0.25, 0.3) is 0 Å². The Morgan fingerprint density at radius 3 is 2.38 bits per heavy atom. The van der Waals surface area contributed by atoms with Gasteiger partial charge in [0.1, 0.15) is 5.60 Å². The molecule has 0 aliphatic heterocycles. The number of hydrogen-bond acceptors (Lipinski definition) is 3. The Kier molecular flexibility index (Phi) is 4.70. The molecule has 13 heavy (non-hydrogen) atoms. The fraction of sp³-hybridized carbons (Fsp3) is 0.700. The summed E-state index contributed by atoms with van der Waals surface area (Å²) in [6, 6.07) is 0. The average Bonchev–Trinajstić information content (AvgIpc) is 2.00. The van der Waals surface area contributed by atoms with Gasteiger partial charge >= 0.3 is 5.97 Å².